The highest BCUT2D eigenvalue weighted by Gasteiger charge is 2.38. The summed E-state index contributed by atoms with van der Waals surface area (Å²) >= 11 is 0. The first-order valence-corrected chi connectivity index (χ1v) is 11.5. The van der Waals surface area contributed by atoms with E-state index in [9.17, 15) is 4.91 Å². The van der Waals surface area contributed by atoms with Gasteiger partial charge in [-0.15, -0.1) is 0 Å². The number of nitrogens with zero attached hydrogens (tertiary/aromatic N) is 1. The molecule has 31 heavy (non-hydrogen) atoms. The van der Waals surface area contributed by atoms with E-state index < -0.39 is 12.6 Å². The zero-order chi connectivity index (χ0) is 21.8. The van der Waals surface area contributed by atoms with Crippen LogP contribution in [0.5, 0.6) is 11.5 Å². The van der Waals surface area contributed by atoms with Gasteiger partial charge in [-0.25, -0.2) is 0 Å². The second-order valence-corrected chi connectivity index (χ2v) is 9.53. The minimum atomic E-state index is -0.450. The summed E-state index contributed by atoms with van der Waals surface area (Å²) in [5.41, 5.74) is 4.52. The Morgan fingerprint density at radius 2 is 1.55 bits per heavy atom. The first-order chi connectivity index (χ1) is 15.0. The number of benzene rings is 2. The molecule has 0 aromatic heterocycles. The van der Waals surface area contributed by atoms with Crippen molar-refractivity contribution < 1.29 is 14.2 Å². The van der Waals surface area contributed by atoms with Gasteiger partial charge in [-0.1, -0.05) is 50.9 Å². The van der Waals surface area contributed by atoms with Crippen LogP contribution in [0, 0.1) is 10.3 Å². The molecule has 166 valence electrons. The quantitative estimate of drug-likeness (QED) is 0.304. The van der Waals surface area contributed by atoms with Gasteiger partial charge in [-0.05, 0) is 72.9 Å². The molecular formula is C26H33NO4. The number of rotatable bonds is 10. The molecule has 0 spiro atoms. The number of fused-ring (bicyclic) bond motifs is 6. The third kappa shape index (κ3) is 5.09. The standard InChI is InChI=1S/C26H33NO4/c1-4-5-6-8-18-9-11-22-20(15-18)24-30-23-12-10-19(16-21(23)25(29-22)31-24)17-26(2,3)13-7-14-27-28/h9-12,15-16,24-25H,4-8,13-14,17H2,1-3H3. The third-order valence-electron chi connectivity index (χ3n) is 6.23. The summed E-state index contributed by atoms with van der Waals surface area (Å²) in [4.78, 5) is 10.4. The topological polar surface area (TPSA) is 57.1 Å². The van der Waals surface area contributed by atoms with Crippen molar-refractivity contribution in [2.75, 3.05) is 6.54 Å². The molecular weight excluding hydrogens is 390 g/mol. The van der Waals surface area contributed by atoms with Gasteiger partial charge in [-0.2, -0.15) is 4.91 Å². The minimum absolute atomic E-state index is 0.0893. The molecule has 2 heterocycles. The Bertz CT molecular complexity index is 924. The summed E-state index contributed by atoms with van der Waals surface area (Å²) in [6, 6.07) is 12.7. The van der Waals surface area contributed by atoms with Gasteiger partial charge < -0.3 is 9.47 Å². The zero-order valence-electron chi connectivity index (χ0n) is 18.9. The van der Waals surface area contributed by atoms with Gasteiger partial charge in [0.15, 0.2) is 0 Å². The van der Waals surface area contributed by atoms with E-state index in [0.717, 1.165) is 48.3 Å². The van der Waals surface area contributed by atoms with Crippen LogP contribution >= 0.6 is 0 Å². The fourth-order valence-electron chi connectivity index (χ4n) is 4.56. The maximum atomic E-state index is 10.4. The van der Waals surface area contributed by atoms with E-state index >= 15 is 0 Å². The summed E-state index contributed by atoms with van der Waals surface area (Å²) in [5, 5.41) is 2.98. The van der Waals surface area contributed by atoms with Gasteiger partial charge in [0.25, 0.3) is 0 Å². The lowest BCUT2D eigenvalue weighted by molar-refractivity contribution is -0.227. The minimum Gasteiger partial charge on any atom is -0.460 e. The number of aryl methyl sites for hydroxylation is 1. The Morgan fingerprint density at radius 1 is 0.903 bits per heavy atom. The van der Waals surface area contributed by atoms with Crippen LogP contribution in [0.4, 0.5) is 0 Å². The smallest absolute Gasteiger partial charge is 0.233 e. The van der Waals surface area contributed by atoms with Crippen molar-refractivity contribution in [3.8, 4) is 11.5 Å². The van der Waals surface area contributed by atoms with Crippen LogP contribution in [-0.4, -0.2) is 6.54 Å². The van der Waals surface area contributed by atoms with Crippen LogP contribution in [0.2, 0.25) is 0 Å². The predicted molar refractivity (Wildman–Crippen MR) is 121 cm³/mol. The number of hydrogen-bond acceptors (Lipinski definition) is 5. The maximum Gasteiger partial charge on any atom is 0.233 e. The van der Waals surface area contributed by atoms with Crippen LogP contribution in [0.3, 0.4) is 0 Å². The van der Waals surface area contributed by atoms with Crippen LogP contribution in [0.15, 0.2) is 41.6 Å². The normalized spacial score (nSPS) is 19.1. The average molecular weight is 424 g/mol. The number of nitroso groups, excluding NO2 is 1. The van der Waals surface area contributed by atoms with Crippen LogP contribution in [0.25, 0.3) is 0 Å². The average Bonchev–Trinajstić information content (AvgIpc) is 2.75. The number of hydrogen-bond donors (Lipinski definition) is 0. The van der Waals surface area contributed by atoms with Gasteiger partial charge in [0.1, 0.15) is 11.5 Å². The molecule has 0 radical (unpaired) electrons. The summed E-state index contributed by atoms with van der Waals surface area (Å²) in [6.07, 6.45) is 6.53. The summed E-state index contributed by atoms with van der Waals surface area (Å²) in [7, 11) is 0. The molecule has 0 saturated carbocycles. The molecule has 2 aliphatic heterocycles. The third-order valence-corrected chi connectivity index (χ3v) is 6.23. The maximum absolute atomic E-state index is 10.4. The molecule has 4 rings (SSSR count). The second-order valence-electron chi connectivity index (χ2n) is 9.53. The van der Waals surface area contributed by atoms with Gasteiger partial charge in [0, 0.05) is 0 Å². The highest BCUT2D eigenvalue weighted by Crippen LogP contribution is 2.48. The molecule has 5 nitrogen and oxygen atoms in total. The lowest BCUT2D eigenvalue weighted by atomic mass is 9.81. The Hall–Kier alpha value is -2.40. The van der Waals surface area contributed by atoms with Gasteiger partial charge >= 0.3 is 0 Å². The lowest BCUT2D eigenvalue weighted by Crippen LogP contribution is -2.30. The summed E-state index contributed by atoms with van der Waals surface area (Å²) in [6.45, 7) is 7.06. The fraction of sp³-hybridized carbons (Fsp3) is 0.538. The van der Waals surface area contributed by atoms with Crippen LogP contribution in [0.1, 0.15) is 87.7 Å². The highest BCUT2D eigenvalue weighted by atomic mass is 16.8. The predicted octanol–water partition coefficient (Wildman–Crippen LogP) is 7.03. The zero-order valence-corrected chi connectivity index (χ0v) is 18.9. The highest BCUT2D eigenvalue weighted by molar-refractivity contribution is 5.46. The molecule has 0 fully saturated rings. The van der Waals surface area contributed by atoms with E-state index in [1.54, 1.807) is 0 Å². The van der Waals surface area contributed by atoms with Crippen molar-refractivity contribution in [3.05, 3.63) is 63.6 Å². The molecule has 0 saturated heterocycles. The molecule has 2 aromatic carbocycles. The largest absolute Gasteiger partial charge is 0.460 e. The van der Waals surface area contributed by atoms with E-state index in [2.05, 4.69) is 56.3 Å². The van der Waals surface area contributed by atoms with E-state index in [0.29, 0.717) is 6.54 Å². The van der Waals surface area contributed by atoms with Gasteiger partial charge in [0.05, 0.1) is 17.7 Å². The molecule has 2 bridgehead atoms. The summed E-state index contributed by atoms with van der Waals surface area (Å²) in [5.74, 6) is 1.67. The van der Waals surface area contributed by atoms with Crippen LogP contribution in [-0.2, 0) is 17.6 Å². The molecule has 2 aliphatic rings. The summed E-state index contributed by atoms with van der Waals surface area (Å²) < 4.78 is 18.6. The van der Waals surface area contributed by atoms with Crippen molar-refractivity contribution in [3.63, 3.8) is 0 Å². The van der Waals surface area contributed by atoms with E-state index in [1.807, 2.05) is 6.07 Å². The lowest BCUT2D eigenvalue weighted by Gasteiger charge is -2.38. The van der Waals surface area contributed by atoms with Gasteiger partial charge in [0.2, 0.25) is 12.6 Å². The van der Waals surface area contributed by atoms with E-state index in [1.165, 1.54) is 30.4 Å². The molecule has 0 amide bonds. The molecule has 0 N–H and O–H groups in total. The van der Waals surface area contributed by atoms with Crippen LogP contribution < -0.4 is 9.47 Å². The van der Waals surface area contributed by atoms with Crippen molar-refractivity contribution in [2.45, 2.75) is 78.3 Å². The molecule has 2 aromatic rings. The Labute approximate surface area is 185 Å². The van der Waals surface area contributed by atoms with Crippen molar-refractivity contribution >= 4 is 0 Å². The first-order valence-electron chi connectivity index (χ1n) is 11.5. The van der Waals surface area contributed by atoms with Gasteiger partial charge in [-0.3, -0.25) is 4.74 Å². The number of ether oxygens (including phenoxy) is 3. The van der Waals surface area contributed by atoms with Crippen molar-refractivity contribution in [1.29, 1.82) is 0 Å². The SMILES string of the molecule is CCCCCc1ccc2c(c1)C1Oc3ccc(CC(C)(C)CCCN=O)cc3C(O2)O1. The fourth-order valence-corrected chi connectivity index (χ4v) is 4.56. The Balaban J connectivity index is 1.49. The monoisotopic (exact) mass is 423 g/mol. The van der Waals surface area contributed by atoms with Crippen molar-refractivity contribution in [2.24, 2.45) is 10.6 Å². The number of unbranched alkanes of at least 4 members (excludes halogenated alkanes) is 2. The van der Waals surface area contributed by atoms with Crippen molar-refractivity contribution in [1.82, 2.24) is 0 Å². The first kappa shape index (κ1) is 21.8. The second kappa shape index (κ2) is 9.39. The molecule has 2 atom stereocenters. The molecule has 2 unspecified atom stereocenters. The Morgan fingerprint density at radius 3 is 2.19 bits per heavy atom. The Kier molecular flexibility index (Phi) is 6.61. The molecule has 5 heteroatoms. The van der Waals surface area contributed by atoms with E-state index in [4.69, 9.17) is 14.2 Å². The van der Waals surface area contributed by atoms with E-state index in [-0.39, 0.29) is 5.41 Å². The molecule has 0 aliphatic carbocycles.